The van der Waals surface area contributed by atoms with E-state index < -0.39 is 0 Å². The maximum absolute atomic E-state index is 12.4. The molecule has 0 atom stereocenters. The lowest BCUT2D eigenvalue weighted by Gasteiger charge is -2.12. The summed E-state index contributed by atoms with van der Waals surface area (Å²) in [5, 5.41) is 11.4. The molecule has 4 rings (SSSR count). The summed E-state index contributed by atoms with van der Waals surface area (Å²) in [6.45, 7) is 2.75. The van der Waals surface area contributed by atoms with Gasteiger partial charge in [-0.25, -0.2) is 9.97 Å². The third-order valence-electron chi connectivity index (χ3n) is 4.55. The molecule has 2 aromatic heterocycles. The average molecular weight is 452 g/mol. The summed E-state index contributed by atoms with van der Waals surface area (Å²) >= 11 is 1.21. The van der Waals surface area contributed by atoms with E-state index in [1.54, 1.807) is 21.1 Å². The zero-order chi connectivity index (χ0) is 22.5. The maximum atomic E-state index is 12.4. The number of anilines is 1. The molecule has 0 fully saturated rings. The van der Waals surface area contributed by atoms with Crippen LogP contribution in [0.1, 0.15) is 14.8 Å². The number of aryl methyl sites for hydroxylation is 1. The van der Waals surface area contributed by atoms with Crippen LogP contribution in [0.4, 0.5) is 5.82 Å². The highest BCUT2D eigenvalue weighted by Gasteiger charge is 2.16. The monoisotopic (exact) mass is 451 g/mol. The van der Waals surface area contributed by atoms with E-state index in [0.29, 0.717) is 40.8 Å². The van der Waals surface area contributed by atoms with Crippen molar-refractivity contribution in [3.05, 3.63) is 52.6 Å². The lowest BCUT2D eigenvalue weighted by atomic mass is 10.0. The Bertz CT molecular complexity index is 1260. The summed E-state index contributed by atoms with van der Waals surface area (Å²) in [4.78, 5) is 21.6. The summed E-state index contributed by atoms with van der Waals surface area (Å²) < 4.78 is 16.2. The minimum absolute atomic E-state index is 0.260. The van der Waals surface area contributed by atoms with Crippen molar-refractivity contribution >= 4 is 34.1 Å². The van der Waals surface area contributed by atoms with Crippen molar-refractivity contribution in [3.8, 4) is 22.6 Å². The zero-order valence-electron chi connectivity index (χ0n) is 17.8. The van der Waals surface area contributed by atoms with E-state index in [9.17, 15) is 4.79 Å². The van der Waals surface area contributed by atoms with Crippen molar-refractivity contribution in [2.75, 3.05) is 32.8 Å². The summed E-state index contributed by atoms with van der Waals surface area (Å²) in [6, 6.07) is 11.5. The quantitative estimate of drug-likeness (QED) is 0.404. The van der Waals surface area contributed by atoms with Gasteiger partial charge < -0.3 is 19.5 Å². The van der Waals surface area contributed by atoms with Crippen LogP contribution in [-0.2, 0) is 4.74 Å². The first-order valence-corrected chi connectivity index (χ1v) is 10.6. The summed E-state index contributed by atoms with van der Waals surface area (Å²) in [5.74, 6) is 1.18. The normalized spacial score (nSPS) is 10.8. The molecule has 0 aliphatic rings. The van der Waals surface area contributed by atoms with E-state index in [0.717, 1.165) is 16.9 Å². The Balaban J connectivity index is 1.68. The minimum atomic E-state index is -0.389. The van der Waals surface area contributed by atoms with Gasteiger partial charge in [0.05, 0.1) is 19.9 Å². The van der Waals surface area contributed by atoms with Crippen LogP contribution in [0.5, 0.6) is 11.5 Å². The number of rotatable bonds is 8. The van der Waals surface area contributed by atoms with Crippen LogP contribution >= 0.6 is 11.3 Å². The number of nitrogens with one attached hydrogen (secondary N) is 1. The zero-order valence-corrected chi connectivity index (χ0v) is 18.6. The van der Waals surface area contributed by atoms with E-state index in [4.69, 9.17) is 14.2 Å². The molecule has 9 nitrogen and oxygen atoms in total. The number of carbonyl (C=O) groups is 1. The van der Waals surface area contributed by atoms with E-state index in [1.165, 1.54) is 17.5 Å². The van der Waals surface area contributed by atoms with Crippen molar-refractivity contribution in [3.63, 3.8) is 0 Å². The Morgan fingerprint density at radius 1 is 1.09 bits per heavy atom. The molecule has 164 valence electrons. The van der Waals surface area contributed by atoms with Gasteiger partial charge in [0.1, 0.15) is 34.1 Å². The highest BCUT2D eigenvalue weighted by atomic mass is 32.1. The SMILES string of the molecule is COCCOc1cccc(-c2ccc(OC)c3nc(NC(=O)c4nnc(C)s4)cnc23)c1. The molecule has 0 bridgehead atoms. The number of fused-ring (bicyclic) bond motifs is 1. The molecule has 1 amide bonds. The van der Waals surface area contributed by atoms with Crippen LogP contribution < -0.4 is 14.8 Å². The Morgan fingerprint density at radius 3 is 2.72 bits per heavy atom. The van der Waals surface area contributed by atoms with Gasteiger partial charge in [-0.15, -0.1) is 10.2 Å². The predicted molar refractivity (Wildman–Crippen MR) is 121 cm³/mol. The molecule has 0 spiro atoms. The number of hydrogen-bond acceptors (Lipinski definition) is 9. The lowest BCUT2D eigenvalue weighted by Crippen LogP contribution is -2.13. The molecule has 0 saturated carbocycles. The second-order valence-corrected chi connectivity index (χ2v) is 7.90. The lowest BCUT2D eigenvalue weighted by molar-refractivity contribution is 0.102. The fourth-order valence-corrected chi connectivity index (χ4v) is 3.67. The Kier molecular flexibility index (Phi) is 6.52. The number of aromatic nitrogens is 4. The van der Waals surface area contributed by atoms with Gasteiger partial charge in [0.25, 0.3) is 5.91 Å². The first kappa shape index (κ1) is 21.6. The Hall–Kier alpha value is -3.63. The number of carbonyl (C=O) groups excluding carboxylic acids is 1. The van der Waals surface area contributed by atoms with Crippen LogP contribution in [-0.4, -0.2) is 53.5 Å². The van der Waals surface area contributed by atoms with Gasteiger partial charge in [0, 0.05) is 12.7 Å². The van der Waals surface area contributed by atoms with Gasteiger partial charge in [0.15, 0.2) is 5.82 Å². The molecule has 10 heteroatoms. The summed E-state index contributed by atoms with van der Waals surface area (Å²) in [7, 11) is 3.20. The first-order valence-electron chi connectivity index (χ1n) is 9.76. The number of nitrogens with zero attached hydrogens (tertiary/aromatic N) is 4. The first-order chi connectivity index (χ1) is 15.6. The number of hydrogen-bond donors (Lipinski definition) is 1. The topological polar surface area (TPSA) is 108 Å². The Labute approximate surface area is 188 Å². The average Bonchev–Trinajstić information content (AvgIpc) is 3.25. The second kappa shape index (κ2) is 9.67. The molecule has 4 aromatic rings. The molecule has 0 aliphatic carbocycles. The number of benzene rings is 2. The number of ether oxygens (including phenoxy) is 3. The van der Waals surface area contributed by atoms with Crippen molar-refractivity contribution in [2.45, 2.75) is 6.92 Å². The maximum Gasteiger partial charge on any atom is 0.287 e. The van der Waals surface area contributed by atoms with Crippen LogP contribution in [0.3, 0.4) is 0 Å². The molecule has 0 saturated heterocycles. The molecule has 32 heavy (non-hydrogen) atoms. The van der Waals surface area contributed by atoms with Crippen LogP contribution in [0.2, 0.25) is 0 Å². The van der Waals surface area contributed by atoms with Gasteiger partial charge in [0.2, 0.25) is 5.01 Å². The predicted octanol–water partition coefficient (Wildman–Crippen LogP) is 3.74. The molecular weight excluding hydrogens is 430 g/mol. The Morgan fingerprint density at radius 2 is 1.97 bits per heavy atom. The van der Waals surface area contributed by atoms with Gasteiger partial charge in [-0.2, -0.15) is 0 Å². The highest BCUT2D eigenvalue weighted by Crippen LogP contribution is 2.34. The van der Waals surface area contributed by atoms with Crippen LogP contribution in [0, 0.1) is 6.92 Å². The molecule has 2 aromatic carbocycles. The molecule has 0 aliphatic heterocycles. The molecule has 1 N–H and O–H groups in total. The summed E-state index contributed by atoms with van der Waals surface area (Å²) in [6.07, 6.45) is 1.51. The third kappa shape index (κ3) is 4.66. The van der Waals surface area contributed by atoms with Crippen LogP contribution in [0.25, 0.3) is 22.2 Å². The van der Waals surface area contributed by atoms with E-state index in [-0.39, 0.29) is 10.9 Å². The largest absolute Gasteiger partial charge is 0.494 e. The molecule has 2 heterocycles. The standard InChI is InChI=1S/C22H21N5O4S/c1-13-26-27-22(32-13)21(28)25-18-12-23-19-16(7-8-17(30-3)20(19)24-18)14-5-4-6-15(11-14)31-10-9-29-2/h4-8,11-12H,9-10H2,1-3H3,(H,24,25,28). The minimum Gasteiger partial charge on any atom is -0.494 e. The number of methoxy groups -OCH3 is 2. The van der Waals surface area contributed by atoms with E-state index in [1.807, 2.05) is 36.4 Å². The smallest absolute Gasteiger partial charge is 0.287 e. The van der Waals surface area contributed by atoms with Gasteiger partial charge in [-0.05, 0) is 36.8 Å². The highest BCUT2D eigenvalue weighted by molar-refractivity contribution is 7.13. The molecule has 0 unspecified atom stereocenters. The second-order valence-electron chi connectivity index (χ2n) is 6.72. The van der Waals surface area contributed by atoms with Crippen LogP contribution in [0.15, 0.2) is 42.6 Å². The summed E-state index contributed by atoms with van der Waals surface area (Å²) in [5.41, 5.74) is 2.95. The molecular formula is C22H21N5O4S. The number of amides is 1. The van der Waals surface area contributed by atoms with E-state index >= 15 is 0 Å². The van der Waals surface area contributed by atoms with Crippen molar-refractivity contribution in [2.24, 2.45) is 0 Å². The van der Waals surface area contributed by atoms with E-state index in [2.05, 4.69) is 25.5 Å². The fraction of sp³-hybridized carbons (Fsp3) is 0.227. The van der Waals surface area contributed by atoms with Crippen molar-refractivity contribution in [1.82, 2.24) is 20.2 Å². The fourth-order valence-electron chi connectivity index (χ4n) is 3.09. The molecule has 0 radical (unpaired) electrons. The van der Waals surface area contributed by atoms with Gasteiger partial charge in [-0.1, -0.05) is 23.5 Å². The van der Waals surface area contributed by atoms with Gasteiger partial charge >= 0.3 is 0 Å². The van der Waals surface area contributed by atoms with Crippen molar-refractivity contribution < 1.29 is 19.0 Å². The van der Waals surface area contributed by atoms with Gasteiger partial charge in [-0.3, -0.25) is 4.79 Å². The third-order valence-corrected chi connectivity index (χ3v) is 5.38. The van der Waals surface area contributed by atoms with Crippen molar-refractivity contribution in [1.29, 1.82) is 0 Å².